The standard InChI is InChI=1S/C8H9Cl/c1-7-5-3-2-4-6-8(7)9/h2-5H,6H2,1H3. The van der Waals surface area contributed by atoms with Crippen LogP contribution in [-0.2, 0) is 0 Å². The number of hydrogen-bond donors (Lipinski definition) is 0. The Balaban J connectivity index is 2.85. The molecule has 0 aromatic carbocycles. The van der Waals surface area contributed by atoms with Crippen molar-refractivity contribution in [2.24, 2.45) is 0 Å². The maximum absolute atomic E-state index is 5.85. The lowest BCUT2D eigenvalue weighted by molar-refractivity contribution is 1.31. The maximum Gasteiger partial charge on any atom is 0.0247 e. The van der Waals surface area contributed by atoms with Gasteiger partial charge in [-0.1, -0.05) is 35.9 Å². The van der Waals surface area contributed by atoms with E-state index in [0.29, 0.717) is 0 Å². The van der Waals surface area contributed by atoms with Crippen molar-refractivity contribution >= 4 is 11.6 Å². The van der Waals surface area contributed by atoms with E-state index in [9.17, 15) is 0 Å². The van der Waals surface area contributed by atoms with Gasteiger partial charge < -0.3 is 0 Å². The molecule has 0 spiro atoms. The van der Waals surface area contributed by atoms with Crippen molar-refractivity contribution < 1.29 is 0 Å². The second-order valence-electron chi connectivity index (χ2n) is 2.08. The number of hydrogen-bond acceptors (Lipinski definition) is 0. The molecule has 0 nitrogen and oxygen atoms in total. The fourth-order valence-corrected chi connectivity index (χ4v) is 0.853. The van der Waals surface area contributed by atoms with Crippen LogP contribution in [0.3, 0.4) is 0 Å². The minimum Gasteiger partial charge on any atom is -0.0885 e. The summed E-state index contributed by atoms with van der Waals surface area (Å²) < 4.78 is 0. The van der Waals surface area contributed by atoms with E-state index in [2.05, 4.69) is 6.08 Å². The van der Waals surface area contributed by atoms with Gasteiger partial charge in [0, 0.05) is 11.5 Å². The van der Waals surface area contributed by atoms with Crippen molar-refractivity contribution in [2.75, 3.05) is 0 Å². The predicted octanol–water partition coefficient (Wildman–Crippen LogP) is 3.02. The summed E-state index contributed by atoms with van der Waals surface area (Å²) >= 11 is 5.85. The Bertz CT molecular complexity index is 185. The average Bonchev–Trinajstić information content (AvgIpc) is 1.99. The minimum atomic E-state index is 0.875. The second kappa shape index (κ2) is 2.88. The lowest BCUT2D eigenvalue weighted by Crippen LogP contribution is -1.72. The van der Waals surface area contributed by atoms with E-state index in [0.717, 1.165) is 11.5 Å². The molecule has 0 fully saturated rings. The zero-order valence-electron chi connectivity index (χ0n) is 5.39. The molecule has 48 valence electrons. The summed E-state index contributed by atoms with van der Waals surface area (Å²) in [6.45, 7) is 2.02. The molecule has 0 atom stereocenters. The van der Waals surface area contributed by atoms with E-state index >= 15 is 0 Å². The number of allylic oxidation sites excluding steroid dienone is 6. The Morgan fingerprint density at radius 1 is 1.44 bits per heavy atom. The summed E-state index contributed by atoms with van der Waals surface area (Å²) in [6, 6.07) is 0. The molecule has 0 bridgehead atoms. The molecule has 1 aliphatic rings. The zero-order valence-corrected chi connectivity index (χ0v) is 6.15. The SMILES string of the molecule is CC1=C(Cl)CC=CC=C1. The molecular formula is C8H9Cl. The Kier molecular flexibility index (Phi) is 2.12. The smallest absolute Gasteiger partial charge is 0.0247 e. The Labute approximate surface area is 60.5 Å². The lowest BCUT2D eigenvalue weighted by Gasteiger charge is -1.92. The van der Waals surface area contributed by atoms with Crippen molar-refractivity contribution in [3.05, 3.63) is 34.9 Å². The summed E-state index contributed by atoms with van der Waals surface area (Å²) in [5.74, 6) is 0. The molecule has 0 amide bonds. The number of halogens is 1. The molecule has 9 heavy (non-hydrogen) atoms. The lowest BCUT2D eigenvalue weighted by atomic mass is 10.2. The summed E-state index contributed by atoms with van der Waals surface area (Å²) in [6.07, 6.45) is 8.96. The highest BCUT2D eigenvalue weighted by Crippen LogP contribution is 2.17. The first-order valence-electron chi connectivity index (χ1n) is 2.99. The Hall–Kier alpha value is -0.490. The van der Waals surface area contributed by atoms with Gasteiger partial charge in [-0.25, -0.2) is 0 Å². The third-order valence-corrected chi connectivity index (χ3v) is 1.77. The van der Waals surface area contributed by atoms with Gasteiger partial charge in [-0.2, -0.15) is 0 Å². The van der Waals surface area contributed by atoms with Crippen LogP contribution in [0.1, 0.15) is 13.3 Å². The van der Waals surface area contributed by atoms with E-state index in [1.165, 1.54) is 5.57 Å². The quantitative estimate of drug-likeness (QED) is 0.485. The second-order valence-corrected chi connectivity index (χ2v) is 2.54. The van der Waals surface area contributed by atoms with Crippen molar-refractivity contribution in [3.8, 4) is 0 Å². The molecule has 0 saturated heterocycles. The summed E-state index contributed by atoms with van der Waals surface area (Å²) in [4.78, 5) is 0. The molecule has 0 unspecified atom stereocenters. The first-order valence-corrected chi connectivity index (χ1v) is 3.37. The fraction of sp³-hybridized carbons (Fsp3) is 0.250. The normalized spacial score (nSPS) is 18.4. The average molecular weight is 141 g/mol. The maximum atomic E-state index is 5.85. The van der Waals surface area contributed by atoms with Gasteiger partial charge in [0.15, 0.2) is 0 Å². The third kappa shape index (κ3) is 1.72. The van der Waals surface area contributed by atoms with Crippen LogP contribution in [0.2, 0.25) is 0 Å². The molecule has 0 heterocycles. The van der Waals surface area contributed by atoms with Gasteiger partial charge in [0.05, 0.1) is 0 Å². The van der Waals surface area contributed by atoms with Crippen LogP contribution >= 0.6 is 11.6 Å². The van der Waals surface area contributed by atoms with Gasteiger partial charge >= 0.3 is 0 Å². The van der Waals surface area contributed by atoms with E-state index < -0.39 is 0 Å². The molecule has 0 N–H and O–H groups in total. The highest BCUT2D eigenvalue weighted by atomic mass is 35.5. The van der Waals surface area contributed by atoms with Crippen molar-refractivity contribution in [1.82, 2.24) is 0 Å². The monoisotopic (exact) mass is 140 g/mol. The van der Waals surface area contributed by atoms with E-state index in [4.69, 9.17) is 11.6 Å². The van der Waals surface area contributed by atoms with Crippen LogP contribution in [0.25, 0.3) is 0 Å². The molecule has 1 rings (SSSR count). The molecule has 0 saturated carbocycles. The number of rotatable bonds is 0. The van der Waals surface area contributed by atoms with Crippen molar-refractivity contribution in [1.29, 1.82) is 0 Å². The van der Waals surface area contributed by atoms with Crippen LogP contribution in [0.15, 0.2) is 34.9 Å². The van der Waals surface area contributed by atoms with Crippen LogP contribution in [0.4, 0.5) is 0 Å². The first-order chi connectivity index (χ1) is 4.30. The molecule has 1 aliphatic carbocycles. The highest BCUT2D eigenvalue weighted by molar-refractivity contribution is 6.30. The molecule has 0 aromatic heterocycles. The van der Waals surface area contributed by atoms with E-state index in [1.807, 2.05) is 25.2 Å². The topological polar surface area (TPSA) is 0 Å². The van der Waals surface area contributed by atoms with Crippen LogP contribution < -0.4 is 0 Å². The minimum absolute atomic E-state index is 0.875. The molecule has 0 radical (unpaired) electrons. The largest absolute Gasteiger partial charge is 0.0885 e. The van der Waals surface area contributed by atoms with Crippen LogP contribution in [0.5, 0.6) is 0 Å². The first kappa shape index (κ1) is 6.63. The van der Waals surface area contributed by atoms with Gasteiger partial charge in [-0.05, 0) is 12.5 Å². The Morgan fingerprint density at radius 2 is 2.22 bits per heavy atom. The van der Waals surface area contributed by atoms with Crippen molar-refractivity contribution in [2.45, 2.75) is 13.3 Å². The van der Waals surface area contributed by atoms with E-state index in [1.54, 1.807) is 0 Å². The van der Waals surface area contributed by atoms with Crippen LogP contribution in [0, 0.1) is 0 Å². The summed E-state index contributed by atoms with van der Waals surface area (Å²) in [7, 11) is 0. The van der Waals surface area contributed by atoms with Gasteiger partial charge in [-0.15, -0.1) is 0 Å². The third-order valence-electron chi connectivity index (χ3n) is 1.32. The zero-order chi connectivity index (χ0) is 6.69. The van der Waals surface area contributed by atoms with E-state index in [-0.39, 0.29) is 0 Å². The summed E-state index contributed by atoms with van der Waals surface area (Å²) in [5.41, 5.74) is 1.17. The molecule has 0 aliphatic heterocycles. The highest BCUT2D eigenvalue weighted by Gasteiger charge is 1.94. The summed E-state index contributed by atoms with van der Waals surface area (Å²) in [5, 5.41) is 0.944. The van der Waals surface area contributed by atoms with Gasteiger partial charge in [-0.3, -0.25) is 0 Å². The molecule has 0 aromatic rings. The Morgan fingerprint density at radius 3 is 3.00 bits per heavy atom. The van der Waals surface area contributed by atoms with Crippen molar-refractivity contribution in [3.63, 3.8) is 0 Å². The van der Waals surface area contributed by atoms with Crippen LogP contribution in [-0.4, -0.2) is 0 Å². The van der Waals surface area contributed by atoms with Gasteiger partial charge in [0.25, 0.3) is 0 Å². The van der Waals surface area contributed by atoms with Gasteiger partial charge in [0.2, 0.25) is 0 Å². The van der Waals surface area contributed by atoms with Gasteiger partial charge in [0.1, 0.15) is 0 Å². The fourth-order valence-electron chi connectivity index (χ4n) is 0.701. The predicted molar refractivity (Wildman–Crippen MR) is 41.5 cm³/mol. The molecular weight excluding hydrogens is 132 g/mol. The molecule has 1 heteroatoms.